The number of hydrogen-bond donors (Lipinski definition) is 1. The predicted molar refractivity (Wildman–Crippen MR) is 69.2 cm³/mol. The van der Waals surface area contributed by atoms with Crippen LogP contribution in [0.3, 0.4) is 0 Å². The Bertz CT molecular complexity index is 338. The molecule has 0 aromatic carbocycles. The third-order valence-corrected chi connectivity index (χ3v) is 3.86. The molecule has 2 heterocycles. The maximum absolute atomic E-state index is 5.83. The van der Waals surface area contributed by atoms with Crippen molar-refractivity contribution >= 4 is 11.8 Å². The Morgan fingerprint density at radius 1 is 1.71 bits per heavy atom. The Balaban J connectivity index is 1.95. The Hall–Kier alpha value is -0.590. The topological polar surface area (TPSA) is 52.0 Å². The molecule has 1 aromatic rings. The SMILES string of the molecule is CCNC(Cc1cn(C)nn1)C1CSCCO1. The van der Waals surface area contributed by atoms with Gasteiger partial charge < -0.3 is 10.1 Å². The molecule has 2 atom stereocenters. The highest BCUT2D eigenvalue weighted by atomic mass is 32.2. The molecule has 0 radical (unpaired) electrons. The van der Waals surface area contributed by atoms with Gasteiger partial charge in [0, 0.05) is 37.2 Å². The largest absolute Gasteiger partial charge is 0.375 e. The fourth-order valence-electron chi connectivity index (χ4n) is 2.05. The number of aryl methyl sites for hydroxylation is 1. The first-order valence-electron chi connectivity index (χ1n) is 6.07. The Morgan fingerprint density at radius 3 is 3.18 bits per heavy atom. The van der Waals surface area contributed by atoms with Crippen molar-refractivity contribution in [3.8, 4) is 0 Å². The second-order valence-corrected chi connectivity index (χ2v) is 5.39. The highest BCUT2D eigenvalue weighted by molar-refractivity contribution is 7.99. The van der Waals surface area contributed by atoms with Crippen molar-refractivity contribution in [2.75, 3.05) is 24.7 Å². The lowest BCUT2D eigenvalue weighted by Gasteiger charge is -2.30. The summed E-state index contributed by atoms with van der Waals surface area (Å²) in [6, 6.07) is 0.337. The Morgan fingerprint density at radius 2 is 2.59 bits per heavy atom. The molecule has 0 amide bonds. The molecule has 5 nitrogen and oxygen atoms in total. The summed E-state index contributed by atoms with van der Waals surface area (Å²) in [7, 11) is 1.89. The van der Waals surface area contributed by atoms with E-state index in [1.165, 1.54) is 0 Å². The molecule has 2 unspecified atom stereocenters. The molecule has 0 spiro atoms. The number of rotatable bonds is 5. The minimum Gasteiger partial charge on any atom is -0.375 e. The molecule has 1 aliphatic heterocycles. The van der Waals surface area contributed by atoms with Crippen molar-refractivity contribution in [1.29, 1.82) is 0 Å². The lowest BCUT2D eigenvalue weighted by molar-refractivity contribution is 0.0473. The Labute approximate surface area is 106 Å². The van der Waals surface area contributed by atoms with Crippen LogP contribution in [0.2, 0.25) is 0 Å². The van der Waals surface area contributed by atoms with Crippen LogP contribution in [0.5, 0.6) is 0 Å². The minimum absolute atomic E-state index is 0.288. The van der Waals surface area contributed by atoms with Crippen LogP contribution in [-0.4, -0.2) is 51.8 Å². The van der Waals surface area contributed by atoms with E-state index in [2.05, 4.69) is 22.6 Å². The van der Waals surface area contributed by atoms with Gasteiger partial charge in [0.25, 0.3) is 0 Å². The average molecular weight is 256 g/mol. The van der Waals surface area contributed by atoms with Crippen LogP contribution >= 0.6 is 11.8 Å². The molecular formula is C11H20N4OS. The van der Waals surface area contributed by atoms with Crippen molar-refractivity contribution in [3.63, 3.8) is 0 Å². The van der Waals surface area contributed by atoms with Gasteiger partial charge in [-0.2, -0.15) is 11.8 Å². The number of likely N-dealkylation sites (N-methyl/N-ethyl adjacent to an activating group) is 1. The summed E-state index contributed by atoms with van der Waals surface area (Å²) in [6.07, 6.45) is 3.14. The number of nitrogens with one attached hydrogen (secondary N) is 1. The van der Waals surface area contributed by atoms with Crippen LogP contribution in [0, 0.1) is 0 Å². The van der Waals surface area contributed by atoms with Crippen molar-refractivity contribution in [1.82, 2.24) is 20.3 Å². The van der Waals surface area contributed by atoms with E-state index in [-0.39, 0.29) is 6.10 Å². The van der Waals surface area contributed by atoms with Crippen molar-refractivity contribution in [3.05, 3.63) is 11.9 Å². The molecular weight excluding hydrogens is 236 g/mol. The van der Waals surface area contributed by atoms with Gasteiger partial charge in [-0.1, -0.05) is 12.1 Å². The molecule has 6 heteroatoms. The van der Waals surface area contributed by atoms with Gasteiger partial charge in [-0.25, -0.2) is 0 Å². The zero-order valence-electron chi connectivity index (χ0n) is 10.4. The van der Waals surface area contributed by atoms with Crippen LogP contribution < -0.4 is 5.32 Å². The molecule has 1 aliphatic rings. The van der Waals surface area contributed by atoms with Gasteiger partial charge in [0.1, 0.15) is 0 Å². The monoisotopic (exact) mass is 256 g/mol. The quantitative estimate of drug-likeness (QED) is 0.830. The summed E-state index contributed by atoms with van der Waals surface area (Å²) in [5.74, 6) is 2.18. The third-order valence-electron chi connectivity index (χ3n) is 2.84. The van der Waals surface area contributed by atoms with Gasteiger partial charge in [-0.3, -0.25) is 4.68 Å². The highest BCUT2D eigenvalue weighted by Gasteiger charge is 2.25. The molecule has 1 N–H and O–H groups in total. The van der Waals surface area contributed by atoms with E-state index in [1.807, 2.05) is 25.0 Å². The Kier molecular flexibility index (Phi) is 4.82. The molecule has 0 bridgehead atoms. The lowest BCUT2D eigenvalue weighted by Crippen LogP contribution is -2.46. The van der Waals surface area contributed by atoms with E-state index >= 15 is 0 Å². The van der Waals surface area contributed by atoms with Crippen LogP contribution in [0.25, 0.3) is 0 Å². The molecule has 2 rings (SSSR count). The molecule has 0 saturated carbocycles. The number of thioether (sulfide) groups is 1. The summed E-state index contributed by atoms with van der Waals surface area (Å²) >= 11 is 1.97. The number of ether oxygens (including phenoxy) is 1. The van der Waals surface area contributed by atoms with Gasteiger partial charge in [-0.05, 0) is 6.54 Å². The number of aromatic nitrogens is 3. The molecule has 1 aromatic heterocycles. The van der Waals surface area contributed by atoms with E-state index in [0.29, 0.717) is 6.04 Å². The summed E-state index contributed by atoms with van der Waals surface area (Å²) in [5, 5.41) is 11.6. The van der Waals surface area contributed by atoms with Gasteiger partial charge in [0.05, 0.1) is 18.4 Å². The first-order valence-corrected chi connectivity index (χ1v) is 7.23. The predicted octanol–water partition coefficient (Wildman–Crippen LogP) is 0.468. The zero-order valence-corrected chi connectivity index (χ0v) is 11.2. The second kappa shape index (κ2) is 6.37. The number of nitrogens with zero attached hydrogens (tertiary/aromatic N) is 3. The highest BCUT2D eigenvalue weighted by Crippen LogP contribution is 2.17. The standard InChI is InChI=1S/C11H20N4OS/c1-3-12-10(11-8-17-5-4-16-11)6-9-7-15(2)14-13-9/h7,10-12H,3-6,8H2,1-2H3. The van der Waals surface area contributed by atoms with E-state index in [1.54, 1.807) is 4.68 Å². The second-order valence-electron chi connectivity index (χ2n) is 4.24. The smallest absolute Gasteiger partial charge is 0.0843 e. The lowest BCUT2D eigenvalue weighted by atomic mass is 10.1. The number of hydrogen-bond acceptors (Lipinski definition) is 5. The summed E-state index contributed by atoms with van der Waals surface area (Å²) in [6.45, 7) is 3.94. The molecule has 0 aliphatic carbocycles. The van der Waals surface area contributed by atoms with Gasteiger partial charge >= 0.3 is 0 Å². The maximum Gasteiger partial charge on any atom is 0.0843 e. The molecule has 1 saturated heterocycles. The average Bonchev–Trinajstić information content (AvgIpc) is 2.75. The van der Waals surface area contributed by atoms with Gasteiger partial charge in [-0.15, -0.1) is 5.10 Å². The first kappa shape index (κ1) is 12.9. The van der Waals surface area contributed by atoms with Crippen molar-refractivity contribution < 1.29 is 4.74 Å². The van der Waals surface area contributed by atoms with Crippen LogP contribution in [0.1, 0.15) is 12.6 Å². The van der Waals surface area contributed by atoms with Gasteiger partial charge in [0.2, 0.25) is 0 Å². The van der Waals surface area contributed by atoms with Gasteiger partial charge in [0.15, 0.2) is 0 Å². The van der Waals surface area contributed by atoms with Crippen LogP contribution in [0.15, 0.2) is 6.20 Å². The summed E-state index contributed by atoms with van der Waals surface area (Å²) in [5.41, 5.74) is 1.03. The maximum atomic E-state index is 5.83. The van der Waals surface area contributed by atoms with E-state index < -0.39 is 0 Å². The fraction of sp³-hybridized carbons (Fsp3) is 0.818. The third kappa shape index (κ3) is 3.69. The molecule has 96 valence electrons. The zero-order chi connectivity index (χ0) is 12.1. The van der Waals surface area contributed by atoms with E-state index in [0.717, 1.165) is 36.8 Å². The minimum atomic E-state index is 0.288. The van der Waals surface area contributed by atoms with Crippen molar-refractivity contribution in [2.24, 2.45) is 7.05 Å². The summed E-state index contributed by atoms with van der Waals surface area (Å²) < 4.78 is 7.58. The van der Waals surface area contributed by atoms with Crippen LogP contribution in [0.4, 0.5) is 0 Å². The molecule has 17 heavy (non-hydrogen) atoms. The van der Waals surface area contributed by atoms with Crippen molar-refractivity contribution in [2.45, 2.75) is 25.5 Å². The van der Waals surface area contributed by atoms with E-state index in [4.69, 9.17) is 4.74 Å². The normalized spacial score (nSPS) is 22.6. The fourth-order valence-corrected chi connectivity index (χ4v) is 2.99. The van der Waals surface area contributed by atoms with E-state index in [9.17, 15) is 0 Å². The molecule has 1 fully saturated rings. The summed E-state index contributed by atoms with van der Waals surface area (Å²) in [4.78, 5) is 0. The van der Waals surface area contributed by atoms with Crippen LogP contribution in [-0.2, 0) is 18.2 Å². The first-order chi connectivity index (χ1) is 8.29.